The van der Waals surface area contributed by atoms with E-state index in [0.29, 0.717) is 34.8 Å². The van der Waals surface area contributed by atoms with Crippen LogP contribution in [-0.2, 0) is 6.42 Å². The highest BCUT2D eigenvalue weighted by Gasteiger charge is 2.24. The van der Waals surface area contributed by atoms with Gasteiger partial charge in [-0.2, -0.15) is 0 Å². The molecule has 0 spiro atoms. The summed E-state index contributed by atoms with van der Waals surface area (Å²) in [5, 5.41) is 5.74. The van der Waals surface area contributed by atoms with E-state index in [0.717, 1.165) is 0 Å². The second-order valence-electron chi connectivity index (χ2n) is 5.58. The molecule has 1 aliphatic carbocycles. The van der Waals surface area contributed by atoms with Crippen LogP contribution in [0.5, 0.6) is 0 Å². The molecule has 0 saturated carbocycles. The first kappa shape index (κ1) is 15.4. The van der Waals surface area contributed by atoms with Gasteiger partial charge in [-0.05, 0) is 30.5 Å². The van der Waals surface area contributed by atoms with Gasteiger partial charge in [-0.3, -0.25) is 10.1 Å². The Bertz CT molecular complexity index is 778. The van der Waals surface area contributed by atoms with Gasteiger partial charge in [0.05, 0.1) is 11.3 Å². The van der Waals surface area contributed by atoms with E-state index in [1.54, 1.807) is 24.3 Å². The number of amides is 2. The molecule has 3 rings (SSSR count). The number of ketones is 1. The van der Waals surface area contributed by atoms with E-state index in [2.05, 4.69) is 20.6 Å². The van der Waals surface area contributed by atoms with Gasteiger partial charge in [-0.25, -0.2) is 14.8 Å². The number of anilines is 2. The normalized spacial score (nSPS) is 16.6. The third-order valence-electron chi connectivity index (χ3n) is 3.55. The topological polar surface area (TPSA) is 84.0 Å². The molecule has 2 N–H and O–H groups in total. The summed E-state index contributed by atoms with van der Waals surface area (Å²) in [5.41, 5.74) is 1.79. The van der Waals surface area contributed by atoms with Crippen LogP contribution in [0.25, 0.3) is 0 Å². The average Bonchev–Trinajstić information content (AvgIpc) is 2.46. The predicted octanol–water partition coefficient (Wildman–Crippen LogP) is 3.54. The molecule has 1 aliphatic rings. The molecule has 23 heavy (non-hydrogen) atoms. The van der Waals surface area contributed by atoms with Crippen molar-refractivity contribution >= 4 is 35.1 Å². The minimum absolute atomic E-state index is 0.0497. The summed E-state index contributed by atoms with van der Waals surface area (Å²) in [7, 11) is 0. The summed E-state index contributed by atoms with van der Waals surface area (Å²) in [6.07, 6.45) is 2.69. The Morgan fingerprint density at radius 3 is 2.91 bits per heavy atom. The smallest absolute Gasteiger partial charge is 0.308 e. The molecule has 1 aromatic heterocycles. The lowest BCUT2D eigenvalue weighted by Crippen LogP contribution is -2.24. The maximum atomic E-state index is 12.0. The Morgan fingerprint density at radius 1 is 1.30 bits per heavy atom. The number of rotatable bonds is 2. The van der Waals surface area contributed by atoms with Gasteiger partial charge in [0.15, 0.2) is 5.78 Å². The molecule has 1 aromatic carbocycles. The Labute approximate surface area is 138 Å². The van der Waals surface area contributed by atoms with Crippen LogP contribution in [0, 0.1) is 5.92 Å². The molecular formula is C16H15ClN4O2. The van der Waals surface area contributed by atoms with Crippen LogP contribution in [0.2, 0.25) is 5.02 Å². The zero-order valence-corrected chi connectivity index (χ0v) is 13.2. The number of hydrogen-bond donors (Lipinski definition) is 2. The van der Waals surface area contributed by atoms with Gasteiger partial charge in [-0.1, -0.05) is 24.6 Å². The van der Waals surface area contributed by atoms with E-state index < -0.39 is 6.03 Å². The SMILES string of the molecule is C[C@H]1CC(=O)c2cnc(NC(=O)Nc3cccc(Cl)c3)nc2C1. The number of aromatic nitrogens is 2. The van der Waals surface area contributed by atoms with Gasteiger partial charge in [0.1, 0.15) is 0 Å². The number of Topliss-reactive ketones (excluding diaryl/α,β-unsaturated/α-hetero) is 1. The van der Waals surface area contributed by atoms with Gasteiger partial charge in [0.25, 0.3) is 0 Å². The Hall–Kier alpha value is -2.47. The fourth-order valence-corrected chi connectivity index (χ4v) is 2.71. The van der Waals surface area contributed by atoms with Crippen LogP contribution in [0.4, 0.5) is 16.4 Å². The number of fused-ring (bicyclic) bond motifs is 1. The number of nitrogens with one attached hydrogen (secondary N) is 2. The number of carbonyl (C=O) groups is 2. The third kappa shape index (κ3) is 3.65. The minimum atomic E-state index is -0.470. The quantitative estimate of drug-likeness (QED) is 0.882. The van der Waals surface area contributed by atoms with Crippen molar-refractivity contribution in [3.05, 3.63) is 46.7 Å². The zero-order chi connectivity index (χ0) is 16.4. The average molecular weight is 331 g/mol. The van der Waals surface area contributed by atoms with Crippen LogP contribution >= 0.6 is 11.6 Å². The van der Waals surface area contributed by atoms with E-state index >= 15 is 0 Å². The van der Waals surface area contributed by atoms with Crippen molar-refractivity contribution in [2.24, 2.45) is 5.92 Å². The van der Waals surface area contributed by atoms with Crippen molar-refractivity contribution in [3.8, 4) is 0 Å². The Morgan fingerprint density at radius 2 is 2.13 bits per heavy atom. The second-order valence-corrected chi connectivity index (χ2v) is 6.02. The fourth-order valence-electron chi connectivity index (χ4n) is 2.52. The summed E-state index contributed by atoms with van der Waals surface area (Å²) in [4.78, 5) is 32.2. The first-order valence-electron chi connectivity index (χ1n) is 7.24. The van der Waals surface area contributed by atoms with E-state index in [1.807, 2.05) is 6.92 Å². The summed E-state index contributed by atoms with van der Waals surface area (Å²) < 4.78 is 0. The van der Waals surface area contributed by atoms with Gasteiger partial charge in [0, 0.05) is 23.3 Å². The number of halogens is 1. The molecule has 0 unspecified atom stereocenters. The first-order valence-corrected chi connectivity index (χ1v) is 7.62. The summed E-state index contributed by atoms with van der Waals surface area (Å²) in [5.74, 6) is 0.469. The van der Waals surface area contributed by atoms with Crippen LogP contribution < -0.4 is 10.6 Å². The van der Waals surface area contributed by atoms with Gasteiger partial charge < -0.3 is 5.32 Å². The van der Waals surface area contributed by atoms with Crippen LogP contribution in [0.1, 0.15) is 29.4 Å². The summed E-state index contributed by atoms with van der Waals surface area (Å²) in [6.45, 7) is 2.00. The highest BCUT2D eigenvalue weighted by Crippen LogP contribution is 2.24. The maximum absolute atomic E-state index is 12.0. The largest absolute Gasteiger partial charge is 0.326 e. The lowest BCUT2D eigenvalue weighted by Gasteiger charge is -2.19. The Kier molecular flexibility index (Phi) is 4.25. The lowest BCUT2D eigenvalue weighted by atomic mass is 9.88. The number of carbonyl (C=O) groups excluding carboxylic acids is 2. The summed E-state index contributed by atoms with van der Waals surface area (Å²) in [6, 6.07) is 6.34. The molecule has 0 bridgehead atoms. The Balaban J connectivity index is 1.72. The molecule has 0 radical (unpaired) electrons. The monoisotopic (exact) mass is 330 g/mol. The number of benzene rings is 1. The molecule has 2 amide bonds. The third-order valence-corrected chi connectivity index (χ3v) is 3.79. The molecule has 2 aromatic rings. The van der Waals surface area contributed by atoms with Gasteiger partial charge in [0.2, 0.25) is 5.95 Å². The number of hydrogen-bond acceptors (Lipinski definition) is 4. The van der Waals surface area contributed by atoms with Crippen molar-refractivity contribution in [2.45, 2.75) is 19.8 Å². The molecule has 0 aliphatic heterocycles. The van der Waals surface area contributed by atoms with Crippen LogP contribution in [-0.4, -0.2) is 21.8 Å². The van der Waals surface area contributed by atoms with Crippen LogP contribution in [0.15, 0.2) is 30.5 Å². The first-order chi connectivity index (χ1) is 11.0. The standard InChI is InChI=1S/C16H15ClN4O2/c1-9-5-13-12(14(22)6-9)8-18-15(20-13)21-16(23)19-11-4-2-3-10(17)7-11/h2-4,7-9H,5-6H2,1H3,(H2,18,19,20,21,23)/t9-/m1/s1. The van der Waals surface area contributed by atoms with Gasteiger partial charge in [-0.15, -0.1) is 0 Å². The van der Waals surface area contributed by atoms with E-state index in [1.165, 1.54) is 6.20 Å². The predicted molar refractivity (Wildman–Crippen MR) is 87.9 cm³/mol. The fraction of sp³-hybridized carbons (Fsp3) is 0.250. The number of urea groups is 1. The maximum Gasteiger partial charge on any atom is 0.326 e. The van der Waals surface area contributed by atoms with Crippen molar-refractivity contribution in [2.75, 3.05) is 10.6 Å². The van der Waals surface area contributed by atoms with E-state index in [4.69, 9.17) is 11.6 Å². The lowest BCUT2D eigenvalue weighted by molar-refractivity contribution is 0.0951. The molecule has 1 atom stereocenters. The van der Waals surface area contributed by atoms with Crippen molar-refractivity contribution in [1.29, 1.82) is 0 Å². The minimum Gasteiger partial charge on any atom is -0.308 e. The van der Waals surface area contributed by atoms with E-state index in [-0.39, 0.29) is 17.6 Å². The van der Waals surface area contributed by atoms with Crippen molar-refractivity contribution in [1.82, 2.24) is 9.97 Å². The molecule has 0 fully saturated rings. The van der Waals surface area contributed by atoms with E-state index in [9.17, 15) is 9.59 Å². The molecule has 7 heteroatoms. The molecular weight excluding hydrogens is 316 g/mol. The van der Waals surface area contributed by atoms with Crippen molar-refractivity contribution in [3.63, 3.8) is 0 Å². The molecule has 0 saturated heterocycles. The van der Waals surface area contributed by atoms with Gasteiger partial charge >= 0.3 is 6.03 Å². The summed E-state index contributed by atoms with van der Waals surface area (Å²) >= 11 is 5.87. The number of nitrogens with zero attached hydrogens (tertiary/aromatic N) is 2. The molecule has 1 heterocycles. The molecule has 6 nitrogen and oxygen atoms in total. The van der Waals surface area contributed by atoms with Crippen molar-refractivity contribution < 1.29 is 9.59 Å². The zero-order valence-electron chi connectivity index (χ0n) is 12.5. The highest BCUT2D eigenvalue weighted by atomic mass is 35.5. The van der Waals surface area contributed by atoms with Crippen LogP contribution in [0.3, 0.4) is 0 Å². The molecule has 118 valence electrons. The highest BCUT2D eigenvalue weighted by molar-refractivity contribution is 6.30. The second kappa shape index (κ2) is 6.34.